The van der Waals surface area contributed by atoms with Crippen LogP contribution in [0.2, 0.25) is 0 Å². The lowest BCUT2D eigenvalue weighted by molar-refractivity contribution is -0.167. The predicted octanol–water partition coefficient (Wildman–Crippen LogP) is 17.7. The van der Waals surface area contributed by atoms with Crippen molar-refractivity contribution in [2.24, 2.45) is 11.8 Å². The summed E-state index contributed by atoms with van der Waals surface area (Å²) >= 11 is 0. The van der Waals surface area contributed by atoms with Crippen molar-refractivity contribution in [2.75, 3.05) is 13.2 Å². The van der Waals surface area contributed by atoms with Crippen LogP contribution in [0.4, 0.5) is 0 Å². The average Bonchev–Trinajstić information content (AvgIpc) is 3.26. The van der Waals surface area contributed by atoms with E-state index in [9.17, 15) is 14.4 Å². The molecule has 61 heavy (non-hydrogen) atoms. The fourth-order valence-corrected chi connectivity index (χ4v) is 8.28. The first-order valence-corrected chi connectivity index (χ1v) is 27.3. The summed E-state index contributed by atoms with van der Waals surface area (Å²) in [6.07, 6.45) is 49.3. The lowest BCUT2D eigenvalue weighted by Crippen LogP contribution is -2.30. The van der Waals surface area contributed by atoms with Gasteiger partial charge in [-0.05, 0) is 31.1 Å². The van der Waals surface area contributed by atoms with Gasteiger partial charge in [0.1, 0.15) is 13.2 Å². The molecule has 3 atom stereocenters. The number of hydrogen-bond acceptors (Lipinski definition) is 6. The van der Waals surface area contributed by atoms with Crippen LogP contribution in [0.1, 0.15) is 304 Å². The summed E-state index contributed by atoms with van der Waals surface area (Å²) in [6, 6.07) is 0. The van der Waals surface area contributed by atoms with Gasteiger partial charge >= 0.3 is 17.9 Å². The largest absolute Gasteiger partial charge is 0.462 e. The maximum Gasteiger partial charge on any atom is 0.306 e. The maximum atomic E-state index is 12.8. The maximum absolute atomic E-state index is 12.8. The SMILES string of the molecule is CCCCCCCCCCCCCCCCCCCC(=O)O[C@@H](COC(=O)CCCCCCCCCCCCC(C)CC)COC(=O)CCCCCCCCCCC(C)CC. The molecule has 0 bridgehead atoms. The van der Waals surface area contributed by atoms with Crippen LogP contribution in [0.3, 0.4) is 0 Å². The third-order valence-corrected chi connectivity index (χ3v) is 13.2. The van der Waals surface area contributed by atoms with E-state index in [2.05, 4.69) is 34.6 Å². The molecule has 0 rings (SSSR count). The van der Waals surface area contributed by atoms with Gasteiger partial charge in [-0.2, -0.15) is 0 Å². The number of carbonyl (C=O) groups excluding carboxylic acids is 3. The molecule has 0 aromatic rings. The minimum Gasteiger partial charge on any atom is -0.462 e. The van der Waals surface area contributed by atoms with E-state index in [1.807, 2.05) is 0 Å². The van der Waals surface area contributed by atoms with Crippen molar-refractivity contribution in [3.8, 4) is 0 Å². The zero-order chi connectivity index (χ0) is 44.7. The van der Waals surface area contributed by atoms with E-state index in [1.165, 1.54) is 193 Å². The molecule has 0 aliphatic carbocycles. The van der Waals surface area contributed by atoms with Crippen molar-refractivity contribution in [1.29, 1.82) is 0 Å². The quantitative estimate of drug-likeness (QED) is 0.0344. The molecule has 0 spiro atoms. The van der Waals surface area contributed by atoms with Gasteiger partial charge in [0.05, 0.1) is 0 Å². The van der Waals surface area contributed by atoms with Crippen LogP contribution in [0, 0.1) is 11.8 Å². The summed E-state index contributed by atoms with van der Waals surface area (Å²) in [6.45, 7) is 11.4. The van der Waals surface area contributed by atoms with Crippen molar-refractivity contribution in [3.63, 3.8) is 0 Å². The molecule has 6 nitrogen and oxygen atoms in total. The normalized spacial score (nSPS) is 12.9. The minimum atomic E-state index is -0.762. The Morgan fingerprint density at radius 3 is 0.852 bits per heavy atom. The molecular formula is C55H106O6. The fourth-order valence-electron chi connectivity index (χ4n) is 8.28. The van der Waals surface area contributed by atoms with Crippen LogP contribution < -0.4 is 0 Å². The van der Waals surface area contributed by atoms with Crippen molar-refractivity contribution in [2.45, 2.75) is 310 Å². The first-order chi connectivity index (χ1) is 29.8. The molecule has 0 radical (unpaired) electrons. The highest BCUT2D eigenvalue weighted by molar-refractivity contribution is 5.71. The lowest BCUT2D eigenvalue weighted by Gasteiger charge is -2.18. The van der Waals surface area contributed by atoms with Crippen LogP contribution in [-0.2, 0) is 28.6 Å². The second-order valence-electron chi connectivity index (χ2n) is 19.4. The third kappa shape index (κ3) is 46.2. The van der Waals surface area contributed by atoms with Crippen LogP contribution >= 0.6 is 0 Å². The molecule has 6 heteroatoms. The Kier molecular flexibility index (Phi) is 46.6. The van der Waals surface area contributed by atoms with E-state index >= 15 is 0 Å². The smallest absolute Gasteiger partial charge is 0.306 e. The molecule has 0 amide bonds. The van der Waals surface area contributed by atoms with Crippen molar-refractivity contribution < 1.29 is 28.6 Å². The highest BCUT2D eigenvalue weighted by atomic mass is 16.6. The molecule has 0 saturated heterocycles. The molecule has 0 aliphatic heterocycles. The van der Waals surface area contributed by atoms with Gasteiger partial charge in [-0.15, -0.1) is 0 Å². The summed E-state index contributed by atoms with van der Waals surface area (Å²) in [4.78, 5) is 38.0. The van der Waals surface area contributed by atoms with Gasteiger partial charge in [-0.1, -0.05) is 266 Å². The van der Waals surface area contributed by atoms with Gasteiger partial charge in [-0.3, -0.25) is 14.4 Å². The third-order valence-electron chi connectivity index (χ3n) is 13.2. The highest BCUT2D eigenvalue weighted by Gasteiger charge is 2.19. The van der Waals surface area contributed by atoms with Gasteiger partial charge < -0.3 is 14.2 Å². The molecule has 0 N–H and O–H groups in total. The summed E-state index contributed by atoms with van der Waals surface area (Å²) in [5.41, 5.74) is 0. The van der Waals surface area contributed by atoms with Crippen LogP contribution in [-0.4, -0.2) is 37.2 Å². The molecule has 0 fully saturated rings. The number of rotatable bonds is 49. The summed E-state index contributed by atoms with van der Waals surface area (Å²) in [5.74, 6) is 0.871. The Morgan fingerprint density at radius 2 is 0.574 bits per heavy atom. The van der Waals surface area contributed by atoms with E-state index in [0.717, 1.165) is 69.6 Å². The summed E-state index contributed by atoms with van der Waals surface area (Å²) in [5, 5.41) is 0. The summed E-state index contributed by atoms with van der Waals surface area (Å²) < 4.78 is 16.8. The van der Waals surface area contributed by atoms with Gasteiger partial charge in [-0.25, -0.2) is 0 Å². The number of unbranched alkanes of at least 4 members (excludes halogenated alkanes) is 32. The Morgan fingerprint density at radius 1 is 0.328 bits per heavy atom. The highest BCUT2D eigenvalue weighted by Crippen LogP contribution is 2.18. The Bertz CT molecular complexity index is 935. The summed E-state index contributed by atoms with van der Waals surface area (Å²) in [7, 11) is 0. The molecule has 0 heterocycles. The predicted molar refractivity (Wildman–Crippen MR) is 261 cm³/mol. The first-order valence-electron chi connectivity index (χ1n) is 27.3. The van der Waals surface area contributed by atoms with E-state index in [1.54, 1.807) is 0 Å². The molecule has 0 aliphatic rings. The monoisotopic (exact) mass is 863 g/mol. The Balaban J connectivity index is 4.32. The molecule has 2 unspecified atom stereocenters. The van der Waals surface area contributed by atoms with Gasteiger partial charge in [0.15, 0.2) is 6.10 Å². The second kappa shape index (κ2) is 47.9. The molecule has 0 saturated carbocycles. The first kappa shape index (κ1) is 59.4. The van der Waals surface area contributed by atoms with Crippen LogP contribution in [0.15, 0.2) is 0 Å². The topological polar surface area (TPSA) is 78.9 Å². The number of carbonyl (C=O) groups is 3. The fraction of sp³-hybridized carbons (Fsp3) is 0.945. The lowest BCUT2D eigenvalue weighted by atomic mass is 9.99. The molecule has 362 valence electrons. The van der Waals surface area contributed by atoms with E-state index in [0.29, 0.717) is 19.3 Å². The van der Waals surface area contributed by atoms with Gasteiger partial charge in [0.25, 0.3) is 0 Å². The van der Waals surface area contributed by atoms with Crippen molar-refractivity contribution >= 4 is 17.9 Å². The van der Waals surface area contributed by atoms with E-state index in [4.69, 9.17) is 14.2 Å². The number of esters is 3. The minimum absolute atomic E-state index is 0.0639. The van der Waals surface area contributed by atoms with Crippen LogP contribution in [0.25, 0.3) is 0 Å². The van der Waals surface area contributed by atoms with Crippen molar-refractivity contribution in [3.05, 3.63) is 0 Å². The van der Waals surface area contributed by atoms with Gasteiger partial charge in [0.2, 0.25) is 0 Å². The zero-order valence-electron chi connectivity index (χ0n) is 41.8. The standard InChI is InChI=1S/C55H106O6/c1-6-9-10-11-12-13-14-15-16-17-18-19-20-25-32-37-42-47-55(58)61-52(49-60-54(57)46-41-36-31-27-26-29-34-39-44-51(5)8-3)48-59-53(56)45-40-35-30-24-22-21-23-28-33-38-43-50(4)7-2/h50-52H,6-49H2,1-5H3/t50?,51?,52-/m0/s1. The van der Waals surface area contributed by atoms with Crippen molar-refractivity contribution in [1.82, 2.24) is 0 Å². The Hall–Kier alpha value is -1.59. The zero-order valence-corrected chi connectivity index (χ0v) is 41.8. The molecule has 0 aromatic heterocycles. The van der Waals surface area contributed by atoms with Gasteiger partial charge in [0, 0.05) is 19.3 Å². The Labute approximate surface area is 380 Å². The van der Waals surface area contributed by atoms with E-state index < -0.39 is 6.10 Å². The number of hydrogen-bond donors (Lipinski definition) is 0. The average molecular weight is 863 g/mol. The van der Waals surface area contributed by atoms with Crippen LogP contribution in [0.5, 0.6) is 0 Å². The second-order valence-corrected chi connectivity index (χ2v) is 19.4. The number of ether oxygens (including phenoxy) is 3. The molecule has 0 aromatic carbocycles. The molecular weight excluding hydrogens is 757 g/mol. The van der Waals surface area contributed by atoms with E-state index in [-0.39, 0.29) is 31.1 Å².